The summed E-state index contributed by atoms with van der Waals surface area (Å²) < 4.78 is 1.96. The first kappa shape index (κ1) is 25.2. The van der Waals surface area contributed by atoms with E-state index in [4.69, 9.17) is 22.3 Å². The van der Waals surface area contributed by atoms with Gasteiger partial charge in [0.05, 0.1) is 6.61 Å². The first-order valence-electron chi connectivity index (χ1n) is 12.8. The number of rotatable bonds is 6. The van der Waals surface area contributed by atoms with Crippen LogP contribution in [0.4, 0.5) is 0 Å². The Labute approximate surface area is 221 Å². The van der Waals surface area contributed by atoms with Crippen LogP contribution in [0.2, 0.25) is 0 Å². The molecule has 2 aliphatic heterocycles. The highest BCUT2D eigenvalue weighted by atomic mass is 16.3. The van der Waals surface area contributed by atoms with Gasteiger partial charge in [-0.1, -0.05) is 60.7 Å². The Kier molecular flexibility index (Phi) is 7.23. The second kappa shape index (κ2) is 10.9. The Bertz CT molecular complexity index is 1280. The molecule has 0 saturated heterocycles. The van der Waals surface area contributed by atoms with Crippen molar-refractivity contribution in [2.24, 2.45) is 11.5 Å². The van der Waals surface area contributed by atoms with Gasteiger partial charge in [0.25, 0.3) is 0 Å². The van der Waals surface area contributed by atoms with Gasteiger partial charge in [-0.2, -0.15) is 0 Å². The number of benzene rings is 2. The Morgan fingerprint density at radius 1 is 0.711 bits per heavy atom. The zero-order valence-corrected chi connectivity index (χ0v) is 21.3. The summed E-state index contributed by atoms with van der Waals surface area (Å²) in [6.07, 6.45) is 5.93. The molecule has 0 fully saturated rings. The van der Waals surface area contributed by atoms with Crippen LogP contribution < -0.4 is 11.5 Å². The van der Waals surface area contributed by atoms with Crippen LogP contribution in [0.3, 0.4) is 0 Å². The van der Waals surface area contributed by atoms with E-state index in [-0.39, 0.29) is 18.5 Å². The molecule has 0 radical (unpaired) electrons. The first-order valence-corrected chi connectivity index (χ1v) is 12.8. The normalized spacial score (nSPS) is 15.7. The molecule has 38 heavy (non-hydrogen) atoms. The summed E-state index contributed by atoms with van der Waals surface area (Å²) in [6.45, 7) is 3.14. The summed E-state index contributed by atoms with van der Waals surface area (Å²) in [6, 6.07) is 16.5. The van der Waals surface area contributed by atoms with Gasteiger partial charge in [0.1, 0.15) is 0 Å². The van der Waals surface area contributed by atoms with Crippen LogP contribution in [-0.4, -0.2) is 74.4 Å². The Morgan fingerprint density at radius 2 is 1.11 bits per heavy atom. The molecule has 10 nitrogen and oxygen atoms in total. The van der Waals surface area contributed by atoms with Crippen LogP contribution in [0, 0.1) is 10.8 Å². The maximum absolute atomic E-state index is 9.78. The van der Waals surface area contributed by atoms with Crippen molar-refractivity contribution in [3.63, 3.8) is 0 Å². The summed E-state index contributed by atoms with van der Waals surface area (Å²) in [4.78, 5) is 3.69. The van der Waals surface area contributed by atoms with Crippen LogP contribution >= 0.6 is 0 Å². The van der Waals surface area contributed by atoms with E-state index in [1.54, 1.807) is 0 Å². The van der Waals surface area contributed by atoms with Gasteiger partial charge < -0.3 is 30.9 Å². The van der Waals surface area contributed by atoms with Crippen LogP contribution in [0.1, 0.15) is 24.0 Å². The minimum absolute atomic E-state index is 0.0206. The number of nitrogens with two attached hydrogens (primary N) is 2. The molecule has 7 N–H and O–H groups in total. The van der Waals surface area contributed by atoms with Crippen molar-refractivity contribution in [2.75, 3.05) is 32.8 Å². The number of aliphatic hydroxyl groups is 1. The number of aliphatic hydroxyl groups excluding tert-OH is 1. The van der Waals surface area contributed by atoms with Gasteiger partial charge >= 0.3 is 0 Å². The predicted molar refractivity (Wildman–Crippen MR) is 150 cm³/mol. The molecule has 10 heteroatoms. The molecule has 3 heterocycles. The van der Waals surface area contributed by atoms with Crippen molar-refractivity contribution >= 4 is 23.1 Å². The van der Waals surface area contributed by atoms with E-state index in [1.165, 1.54) is 11.1 Å². The summed E-state index contributed by atoms with van der Waals surface area (Å²) in [7, 11) is 0. The second-order valence-electron chi connectivity index (χ2n) is 9.50. The molecule has 2 aromatic carbocycles. The molecule has 0 amide bonds. The lowest BCUT2D eigenvalue weighted by molar-refractivity contribution is 0.277. The highest BCUT2D eigenvalue weighted by molar-refractivity contribution is 5.78. The van der Waals surface area contributed by atoms with Crippen molar-refractivity contribution < 1.29 is 5.11 Å². The van der Waals surface area contributed by atoms with E-state index in [0.29, 0.717) is 31.3 Å². The first-order chi connectivity index (χ1) is 18.4. The topological polar surface area (TPSA) is 157 Å². The van der Waals surface area contributed by atoms with Crippen molar-refractivity contribution in [3.05, 3.63) is 71.8 Å². The molecule has 2 aliphatic rings. The van der Waals surface area contributed by atoms with E-state index in [1.807, 2.05) is 38.6 Å². The Morgan fingerprint density at radius 3 is 1.42 bits per heavy atom. The standard InChI is InChI=1S/C28H33N9O/c29-27(30)35-13-9-21(10-14-35)19-1-5-23(6-2-19)25-33-34-26(37(25)17-18-38)24-7-3-20(4-8-24)22-11-15-36(16-12-22)28(31)32/h1-9,11,38H,10,12-18H2,(H3,29,30)(H3,31,32). The van der Waals surface area contributed by atoms with E-state index >= 15 is 0 Å². The fourth-order valence-electron chi connectivity index (χ4n) is 5.01. The van der Waals surface area contributed by atoms with Crippen LogP contribution in [0.25, 0.3) is 33.9 Å². The molecule has 196 valence electrons. The number of aromatic nitrogens is 3. The van der Waals surface area contributed by atoms with Crippen molar-refractivity contribution in [1.29, 1.82) is 10.8 Å². The molecule has 3 aromatic rings. The molecule has 0 bridgehead atoms. The van der Waals surface area contributed by atoms with Gasteiger partial charge in [-0.3, -0.25) is 10.8 Å². The molecule has 0 spiro atoms. The molecule has 0 unspecified atom stereocenters. The van der Waals surface area contributed by atoms with E-state index < -0.39 is 0 Å². The predicted octanol–water partition coefficient (Wildman–Crippen LogP) is 2.57. The lowest BCUT2D eigenvalue weighted by atomic mass is 9.98. The number of nitrogens with one attached hydrogen (secondary N) is 2. The van der Waals surface area contributed by atoms with Crippen LogP contribution in [0.15, 0.2) is 60.7 Å². The third-order valence-corrected chi connectivity index (χ3v) is 7.20. The number of hydrogen-bond acceptors (Lipinski definition) is 5. The van der Waals surface area contributed by atoms with Crippen LogP contribution in [-0.2, 0) is 6.54 Å². The lowest BCUT2D eigenvalue weighted by Crippen LogP contribution is -2.39. The van der Waals surface area contributed by atoms with Crippen molar-refractivity contribution in [1.82, 2.24) is 24.6 Å². The highest BCUT2D eigenvalue weighted by Gasteiger charge is 2.18. The summed E-state index contributed by atoms with van der Waals surface area (Å²) in [5.41, 5.74) is 17.9. The fraction of sp³-hybridized carbons (Fsp3) is 0.286. The van der Waals surface area contributed by atoms with Gasteiger partial charge in [-0.05, 0) is 35.1 Å². The summed E-state index contributed by atoms with van der Waals surface area (Å²) >= 11 is 0. The number of hydrogen-bond donors (Lipinski definition) is 5. The lowest BCUT2D eigenvalue weighted by Gasteiger charge is -2.26. The van der Waals surface area contributed by atoms with Gasteiger partial charge in [0, 0.05) is 43.9 Å². The zero-order valence-electron chi connectivity index (χ0n) is 21.3. The molecule has 1 aromatic heterocycles. The molecular formula is C28H33N9O. The minimum atomic E-state index is -0.0206. The third kappa shape index (κ3) is 5.16. The van der Waals surface area contributed by atoms with E-state index in [2.05, 4.69) is 46.6 Å². The molecule has 0 aliphatic carbocycles. The smallest absolute Gasteiger partial charge is 0.188 e. The second-order valence-corrected chi connectivity index (χ2v) is 9.50. The SMILES string of the molecule is N=C(N)N1CC=C(c2ccc(-c3nnc(-c4ccc(C5=CCN(C(=N)N)CC5)cc4)n3CCO)cc2)CC1. The van der Waals surface area contributed by atoms with Crippen molar-refractivity contribution in [2.45, 2.75) is 19.4 Å². The van der Waals surface area contributed by atoms with Gasteiger partial charge in [-0.25, -0.2) is 0 Å². The molecule has 5 rings (SSSR count). The largest absolute Gasteiger partial charge is 0.395 e. The average molecular weight is 512 g/mol. The number of guanidine groups is 2. The quantitative estimate of drug-likeness (QED) is 0.251. The number of nitrogens with zero attached hydrogens (tertiary/aromatic N) is 5. The summed E-state index contributed by atoms with van der Waals surface area (Å²) in [5.74, 6) is 1.64. The van der Waals surface area contributed by atoms with Crippen LogP contribution in [0.5, 0.6) is 0 Å². The zero-order chi connectivity index (χ0) is 26.6. The molecular weight excluding hydrogens is 478 g/mol. The maximum atomic E-state index is 9.78. The van der Waals surface area contributed by atoms with Gasteiger partial charge in [0.2, 0.25) is 0 Å². The Balaban J connectivity index is 1.36. The molecule has 0 atom stereocenters. The molecule has 0 saturated carbocycles. The van der Waals surface area contributed by atoms with E-state index in [9.17, 15) is 5.11 Å². The van der Waals surface area contributed by atoms with Gasteiger partial charge in [-0.15, -0.1) is 10.2 Å². The fourth-order valence-corrected chi connectivity index (χ4v) is 5.01. The monoisotopic (exact) mass is 511 g/mol. The highest BCUT2D eigenvalue weighted by Crippen LogP contribution is 2.29. The van der Waals surface area contributed by atoms with Gasteiger partial charge in [0.15, 0.2) is 23.6 Å². The minimum Gasteiger partial charge on any atom is -0.395 e. The third-order valence-electron chi connectivity index (χ3n) is 7.20. The summed E-state index contributed by atoms with van der Waals surface area (Å²) in [5, 5.41) is 34.0. The average Bonchev–Trinajstić information content (AvgIpc) is 3.37. The van der Waals surface area contributed by atoms with E-state index in [0.717, 1.165) is 48.2 Å². The Hall–Kier alpha value is -4.44. The maximum Gasteiger partial charge on any atom is 0.188 e. The van der Waals surface area contributed by atoms with Crippen molar-refractivity contribution in [3.8, 4) is 22.8 Å².